The number of likely N-dealkylation sites (tertiary alicyclic amines) is 1. The first-order chi connectivity index (χ1) is 12.8. The average Bonchev–Trinajstić information content (AvgIpc) is 2.89. The maximum Gasteiger partial charge on any atom is 0.414 e. The van der Waals surface area contributed by atoms with Crippen LogP contribution in [-0.2, 0) is 9.53 Å². The Morgan fingerprint density at radius 3 is 2.44 bits per heavy atom. The van der Waals surface area contributed by atoms with Crippen molar-refractivity contribution in [1.29, 1.82) is 0 Å². The third-order valence-electron chi connectivity index (χ3n) is 5.35. The summed E-state index contributed by atoms with van der Waals surface area (Å²) in [4.78, 5) is 28.1. The standard InChI is InChI=1S/C18H22F2N4O3/c1-11(25)21-5-13-6-24(17(26)27-13)12-3-14(19)16(15(20)4-12)23-9-18(10-23)7-22(2)8-18/h3-4,13H,5-10H2,1-2H3,(H,21,25)/t13-/m1/s1. The fraction of sp³-hybridized carbons (Fsp3) is 0.556. The van der Waals surface area contributed by atoms with Crippen molar-refractivity contribution in [2.45, 2.75) is 13.0 Å². The zero-order valence-electron chi connectivity index (χ0n) is 15.3. The number of rotatable bonds is 4. The summed E-state index contributed by atoms with van der Waals surface area (Å²) in [6.45, 7) is 4.80. The van der Waals surface area contributed by atoms with Crippen LogP contribution in [0.2, 0.25) is 0 Å². The van der Waals surface area contributed by atoms with Gasteiger partial charge in [-0.2, -0.15) is 0 Å². The number of carbonyl (C=O) groups is 2. The second-order valence-electron chi connectivity index (χ2n) is 7.84. The molecule has 3 fully saturated rings. The van der Waals surface area contributed by atoms with E-state index >= 15 is 0 Å². The number of amides is 2. The van der Waals surface area contributed by atoms with Crippen LogP contribution in [0.1, 0.15) is 6.92 Å². The van der Waals surface area contributed by atoms with Crippen LogP contribution in [0.5, 0.6) is 0 Å². The third-order valence-corrected chi connectivity index (χ3v) is 5.35. The Hall–Kier alpha value is -2.42. The first kappa shape index (κ1) is 18.0. The van der Waals surface area contributed by atoms with Crippen molar-refractivity contribution in [2.24, 2.45) is 5.41 Å². The highest BCUT2D eigenvalue weighted by atomic mass is 19.1. The molecule has 0 aliphatic carbocycles. The predicted molar refractivity (Wildman–Crippen MR) is 94.8 cm³/mol. The maximum absolute atomic E-state index is 14.6. The van der Waals surface area contributed by atoms with Gasteiger partial charge in [0.05, 0.1) is 18.8 Å². The Balaban J connectivity index is 1.46. The van der Waals surface area contributed by atoms with E-state index in [1.165, 1.54) is 24.0 Å². The lowest BCUT2D eigenvalue weighted by Crippen LogP contribution is -2.71. The molecule has 0 saturated carbocycles. The van der Waals surface area contributed by atoms with Crippen LogP contribution in [0.15, 0.2) is 12.1 Å². The number of nitrogens with zero attached hydrogens (tertiary/aromatic N) is 3. The quantitative estimate of drug-likeness (QED) is 0.850. The Kier molecular flexibility index (Phi) is 4.21. The number of carbonyl (C=O) groups excluding carboxylic acids is 2. The van der Waals surface area contributed by atoms with E-state index in [1.54, 1.807) is 4.90 Å². The number of hydrogen-bond donors (Lipinski definition) is 1. The summed E-state index contributed by atoms with van der Waals surface area (Å²) in [5.74, 6) is -1.62. The van der Waals surface area contributed by atoms with Gasteiger partial charge in [-0.15, -0.1) is 0 Å². The lowest BCUT2D eigenvalue weighted by Gasteiger charge is -2.60. The number of nitrogens with one attached hydrogen (secondary N) is 1. The Morgan fingerprint density at radius 2 is 1.89 bits per heavy atom. The summed E-state index contributed by atoms with van der Waals surface area (Å²) in [5.41, 5.74) is 0.228. The molecule has 146 valence electrons. The van der Waals surface area contributed by atoms with E-state index in [9.17, 15) is 18.4 Å². The molecule has 1 atom stereocenters. The highest BCUT2D eigenvalue weighted by molar-refractivity contribution is 5.90. The zero-order valence-corrected chi connectivity index (χ0v) is 15.3. The van der Waals surface area contributed by atoms with Gasteiger partial charge < -0.3 is 19.9 Å². The van der Waals surface area contributed by atoms with E-state index in [1.807, 2.05) is 7.05 Å². The van der Waals surface area contributed by atoms with Crippen LogP contribution in [0, 0.1) is 17.0 Å². The molecule has 4 rings (SSSR count). The van der Waals surface area contributed by atoms with Crippen molar-refractivity contribution in [2.75, 3.05) is 56.1 Å². The van der Waals surface area contributed by atoms with Gasteiger partial charge in [0.15, 0.2) is 11.6 Å². The summed E-state index contributed by atoms with van der Waals surface area (Å²) < 4.78 is 34.4. The molecule has 0 aromatic heterocycles. The lowest BCUT2D eigenvalue weighted by atomic mass is 9.73. The fourth-order valence-electron chi connectivity index (χ4n) is 4.33. The molecule has 1 spiro atoms. The van der Waals surface area contributed by atoms with E-state index in [2.05, 4.69) is 10.2 Å². The highest BCUT2D eigenvalue weighted by Crippen LogP contribution is 2.43. The lowest BCUT2D eigenvalue weighted by molar-refractivity contribution is -0.119. The summed E-state index contributed by atoms with van der Waals surface area (Å²) in [6.07, 6.45) is -1.24. The molecule has 2 amide bonds. The number of benzene rings is 1. The molecule has 3 heterocycles. The number of hydrogen-bond acceptors (Lipinski definition) is 5. The second-order valence-corrected chi connectivity index (χ2v) is 7.84. The SMILES string of the molecule is CC(=O)NC[C@@H]1CN(c2cc(F)c(N3CC4(CN(C)C4)C3)c(F)c2)C(=O)O1. The number of ether oxygens (including phenoxy) is 1. The molecule has 0 unspecified atom stereocenters. The van der Waals surface area contributed by atoms with Gasteiger partial charge in [-0.1, -0.05) is 0 Å². The van der Waals surface area contributed by atoms with Gasteiger partial charge in [-0.25, -0.2) is 13.6 Å². The van der Waals surface area contributed by atoms with Crippen LogP contribution in [0.3, 0.4) is 0 Å². The van der Waals surface area contributed by atoms with Crippen molar-refractivity contribution < 1.29 is 23.1 Å². The third kappa shape index (κ3) is 3.20. The van der Waals surface area contributed by atoms with Gasteiger partial charge in [0.25, 0.3) is 0 Å². The molecular weight excluding hydrogens is 358 g/mol. The monoisotopic (exact) mass is 380 g/mol. The van der Waals surface area contributed by atoms with E-state index in [-0.39, 0.29) is 35.8 Å². The van der Waals surface area contributed by atoms with Crippen LogP contribution in [0.4, 0.5) is 25.0 Å². The smallest absolute Gasteiger partial charge is 0.414 e. The number of anilines is 2. The average molecular weight is 380 g/mol. The molecule has 3 saturated heterocycles. The largest absolute Gasteiger partial charge is 0.442 e. The van der Waals surface area contributed by atoms with Gasteiger partial charge >= 0.3 is 6.09 Å². The van der Waals surface area contributed by atoms with Crippen LogP contribution in [-0.4, -0.2) is 69.3 Å². The number of cyclic esters (lactones) is 1. The van der Waals surface area contributed by atoms with Crippen molar-refractivity contribution in [3.8, 4) is 0 Å². The van der Waals surface area contributed by atoms with Crippen molar-refractivity contribution in [1.82, 2.24) is 10.2 Å². The van der Waals surface area contributed by atoms with E-state index in [0.717, 1.165) is 13.1 Å². The van der Waals surface area contributed by atoms with Crippen molar-refractivity contribution in [3.05, 3.63) is 23.8 Å². The van der Waals surface area contributed by atoms with Crippen molar-refractivity contribution >= 4 is 23.4 Å². The molecule has 3 aliphatic rings. The predicted octanol–water partition coefficient (Wildman–Crippen LogP) is 1.18. The van der Waals surface area contributed by atoms with Gasteiger partial charge in [0, 0.05) is 50.7 Å². The summed E-state index contributed by atoms with van der Waals surface area (Å²) in [5, 5.41) is 2.56. The molecule has 7 nitrogen and oxygen atoms in total. The summed E-state index contributed by atoms with van der Waals surface area (Å²) >= 11 is 0. The molecule has 1 aromatic rings. The Bertz CT molecular complexity index is 766. The van der Waals surface area contributed by atoms with E-state index in [4.69, 9.17) is 4.74 Å². The second kappa shape index (κ2) is 6.33. The van der Waals surface area contributed by atoms with E-state index < -0.39 is 23.8 Å². The molecular formula is C18H22F2N4O3. The van der Waals surface area contributed by atoms with Crippen LogP contribution < -0.4 is 15.1 Å². The molecule has 0 radical (unpaired) electrons. The maximum atomic E-state index is 14.6. The van der Waals surface area contributed by atoms with E-state index in [0.29, 0.717) is 13.1 Å². The van der Waals surface area contributed by atoms with Gasteiger partial charge in [-0.3, -0.25) is 9.69 Å². The Labute approximate surface area is 155 Å². The molecule has 27 heavy (non-hydrogen) atoms. The van der Waals surface area contributed by atoms with Gasteiger partial charge in [-0.05, 0) is 7.05 Å². The van der Waals surface area contributed by atoms with Gasteiger partial charge in [0.2, 0.25) is 5.91 Å². The minimum atomic E-state index is -0.689. The van der Waals surface area contributed by atoms with Crippen LogP contribution in [0.25, 0.3) is 0 Å². The summed E-state index contributed by atoms with van der Waals surface area (Å²) in [6, 6.07) is 2.33. The first-order valence-electron chi connectivity index (χ1n) is 8.91. The van der Waals surface area contributed by atoms with Crippen LogP contribution >= 0.6 is 0 Å². The normalized spacial score (nSPS) is 23.9. The van der Waals surface area contributed by atoms with Crippen molar-refractivity contribution in [3.63, 3.8) is 0 Å². The minimum absolute atomic E-state index is 0.0405. The molecule has 9 heteroatoms. The topological polar surface area (TPSA) is 65.1 Å². The molecule has 1 aromatic carbocycles. The van der Waals surface area contributed by atoms with Gasteiger partial charge in [0.1, 0.15) is 11.8 Å². The highest BCUT2D eigenvalue weighted by Gasteiger charge is 2.51. The zero-order chi connectivity index (χ0) is 19.3. The minimum Gasteiger partial charge on any atom is -0.442 e. The molecule has 0 bridgehead atoms. The molecule has 3 aliphatic heterocycles. The Morgan fingerprint density at radius 1 is 1.26 bits per heavy atom. The molecule has 1 N–H and O–H groups in total. The fourth-order valence-corrected chi connectivity index (χ4v) is 4.33. The first-order valence-corrected chi connectivity index (χ1v) is 8.91. The summed E-state index contributed by atoms with van der Waals surface area (Å²) in [7, 11) is 2.03. The number of halogens is 2.